The van der Waals surface area contributed by atoms with Crippen LogP contribution in [0.25, 0.3) is 0 Å². The molecule has 0 amide bonds. The lowest BCUT2D eigenvalue weighted by molar-refractivity contribution is 0.276. The number of oxazole rings is 1. The Labute approximate surface area is 92.0 Å². The summed E-state index contributed by atoms with van der Waals surface area (Å²) in [6, 6.07) is 6.57. The van der Waals surface area contributed by atoms with E-state index in [1.165, 1.54) is 17.2 Å². The minimum atomic E-state index is -0.353. The first-order chi connectivity index (χ1) is 7.72. The number of aromatic nitrogens is 1. The molecule has 4 nitrogen and oxygen atoms in total. The van der Waals surface area contributed by atoms with Crippen LogP contribution in [0.5, 0.6) is 0 Å². The summed E-state index contributed by atoms with van der Waals surface area (Å²) in [4.78, 5) is 5.47. The summed E-state index contributed by atoms with van der Waals surface area (Å²) < 4.78 is 18.6. The van der Waals surface area contributed by atoms with Crippen LogP contribution in [0.1, 0.15) is 5.69 Å². The first-order valence-corrected chi connectivity index (χ1v) is 4.76. The number of anilines is 2. The van der Waals surface area contributed by atoms with Crippen LogP contribution < -0.4 is 4.90 Å². The SMILES string of the molecule is CN(c1nc(CO)co1)c1ccccc1F. The monoisotopic (exact) mass is 222 g/mol. The van der Waals surface area contributed by atoms with Crippen LogP contribution in [0.15, 0.2) is 34.9 Å². The third-order valence-corrected chi connectivity index (χ3v) is 2.20. The van der Waals surface area contributed by atoms with Crippen LogP contribution in [0, 0.1) is 5.82 Å². The minimum Gasteiger partial charge on any atom is -0.431 e. The van der Waals surface area contributed by atoms with Gasteiger partial charge >= 0.3 is 6.01 Å². The zero-order chi connectivity index (χ0) is 11.5. The molecule has 1 aromatic carbocycles. The third kappa shape index (κ3) is 1.90. The predicted molar refractivity (Wildman–Crippen MR) is 56.9 cm³/mol. The highest BCUT2D eigenvalue weighted by molar-refractivity contribution is 5.55. The molecule has 0 spiro atoms. The fourth-order valence-corrected chi connectivity index (χ4v) is 1.35. The molecule has 0 saturated heterocycles. The van der Waals surface area contributed by atoms with E-state index in [4.69, 9.17) is 9.52 Å². The molecular formula is C11H11FN2O2. The van der Waals surface area contributed by atoms with E-state index in [2.05, 4.69) is 4.98 Å². The first kappa shape index (κ1) is 10.6. The van der Waals surface area contributed by atoms with Crippen molar-refractivity contribution in [3.63, 3.8) is 0 Å². The van der Waals surface area contributed by atoms with Gasteiger partial charge in [-0.25, -0.2) is 4.39 Å². The van der Waals surface area contributed by atoms with Gasteiger partial charge in [0.15, 0.2) is 0 Å². The molecule has 0 atom stereocenters. The highest BCUT2D eigenvalue weighted by atomic mass is 19.1. The van der Waals surface area contributed by atoms with Gasteiger partial charge in [-0.05, 0) is 12.1 Å². The molecule has 5 heteroatoms. The molecule has 0 unspecified atom stereocenters. The van der Waals surface area contributed by atoms with Crippen LogP contribution in [0.3, 0.4) is 0 Å². The molecule has 0 saturated carbocycles. The molecule has 0 aliphatic rings. The molecular weight excluding hydrogens is 211 g/mol. The molecule has 16 heavy (non-hydrogen) atoms. The summed E-state index contributed by atoms with van der Waals surface area (Å²) in [6.07, 6.45) is 1.34. The number of hydrogen-bond acceptors (Lipinski definition) is 4. The molecule has 0 aliphatic carbocycles. The molecule has 1 N–H and O–H groups in total. The highest BCUT2D eigenvalue weighted by Gasteiger charge is 2.13. The topological polar surface area (TPSA) is 49.5 Å². The molecule has 0 bridgehead atoms. The van der Waals surface area contributed by atoms with Gasteiger partial charge in [0.2, 0.25) is 0 Å². The number of halogens is 1. The Morgan fingerprint density at radius 3 is 2.81 bits per heavy atom. The van der Waals surface area contributed by atoms with Crippen LogP contribution in [0.2, 0.25) is 0 Å². The summed E-state index contributed by atoms with van der Waals surface area (Å²) >= 11 is 0. The number of para-hydroxylation sites is 1. The van der Waals surface area contributed by atoms with Crippen molar-refractivity contribution in [3.8, 4) is 0 Å². The summed E-state index contributed by atoms with van der Waals surface area (Å²) in [5.74, 6) is -0.353. The lowest BCUT2D eigenvalue weighted by atomic mass is 10.3. The summed E-state index contributed by atoms with van der Waals surface area (Å²) in [7, 11) is 1.64. The standard InChI is InChI=1S/C11H11FN2O2/c1-14(10-5-3-2-4-9(10)12)11-13-8(6-15)7-16-11/h2-5,7,15H,6H2,1H3. The molecule has 0 aliphatic heterocycles. The Morgan fingerprint density at radius 2 is 2.19 bits per heavy atom. The fraction of sp³-hybridized carbons (Fsp3) is 0.182. The van der Waals surface area contributed by atoms with Crippen molar-refractivity contribution in [2.75, 3.05) is 11.9 Å². The Kier molecular flexibility index (Phi) is 2.87. The van der Waals surface area contributed by atoms with E-state index in [0.29, 0.717) is 11.4 Å². The fourth-order valence-electron chi connectivity index (χ4n) is 1.35. The van der Waals surface area contributed by atoms with Crippen molar-refractivity contribution in [1.82, 2.24) is 4.98 Å². The van der Waals surface area contributed by atoms with Gasteiger partial charge in [0.05, 0.1) is 12.3 Å². The number of nitrogens with zero attached hydrogens (tertiary/aromatic N) is 2. The lowest BCUT2D eigenvalue weighted by Crippen LogP contribution is -2.11. The molecule has 0 radical (unpaired) electrons. The number of rotatable bonds is 3. The van der Waals surface area contributed by atoms with Crippen molar-refractivity contribution in [2.45, 2.75) is 6.61 Å². The van der Waals surface area contributed by atoms with E-state index in [0.717, 1.165) is 0 Å². The molecule has 1 aromatic heterocycles. The van der Waals surface area contributed by atoms with Crippen molar-refractivity contribution < 1.29 is 13.9 Å². The molecule has 1 heterocycles. The molecule has 2 aromatic rings. The van der Waals surface area contributed by atoms with Crippen LogP contribution in [0.4, 0.5) is 16.1 Å². The summed E-state index contributed by atoms with van der Waals surface area (Å²) in [5.41, 5.74) is 0.784. The molecule has 84 valence electrons. The third-order valence-electron chi connectivity index (χ3n) is 2.20. The normalized spacial score (nSPS) is 10.4. The van der Waals surface area contributed by atoms with Gasteiger partial charge < -0.3 is 9.52 Å². The zero-order valence-corrected chi connectivity index (χ0v) is 8.72. The van der Waals surface area contributed by atoms with Gasteiger partial charge in [-0.15, -0.1) is 0 Å². The second-order valence-electron chi connectivity index (χ2n) is 3.29. The Hall–Kier alpha value is -1.88. The van der Waals surface area contributed by atoms with E-state index in [9.17, 15) is 4.39 Å². The number of benzene rings is 1. The van der Waals surface area contributed by atoms with Crippen LogP contribution in [-0.4, -0.2) is 17.1 Å². The van der Waals surface area contributed by atoms with Crippen molar-refractivity contribution >= 4 is 11.7 Å². The smallest absolute Gasteiger partial charge is 0.301 e. The Balaban J connectivity index is 2.31. The van der Waals surface area contributed by atoms with Crippen molar-refractivity contribution in [3.05, 3.63) is 42.0 Å². The van der Waals surface area contributed by atoms with Gasteiger partial charge in [-0.3, -0.25) is 4.90 Å². The van der Waals surface area contributed by atoms with Crippen LogP contribution in [-0.2, 0) is 6.61 Å². The van der Waals surface area contributed by atoms with E-state index in [1.54, 1.807) is 25.2 Å². The average Bonchev–Trinajstić information content (AvgIpc) is 2.77. The maximum absolute atomic E-state index is 13.5. The second-order valence-corrected chi connectivity index (χ2v) is 3.29. The number of aliphatic hydroxyl groups excluding tert-OH is 1. The zero-order valence-electron chi connectivity index (χ0n) is 8.72. The summed E-state index contributed by atoms with van der Waals surface area (Å²) in [6.45, 7) is -0.200. The van der Waals surface area contributed by atoms with Gasteiger partial charge in [0.25, 0.3) is 0 Å². The Bertz CT molecular complexity index is 484. The molecule has 0 fully saturated rings. The molecule has 2 rings (SSSR count). The maximum atomic E-state index is 13.5. The van der Waals surface area contributed by atoms with E-state index in [-0.39, 0.29) is 18.4 Å². The van der Waals surface area contributed by atoms with Crippen LogP contribution >= 0.6 is 0 Å². The van der Waals surface area contributed by atoms with Gasteiger partial charge in [0.1, 0.15) is 17.8 Å². The Morgan fingerprint density at radius 1 is 1.44 bits per heavy atom. The predicted octanol–water partition coefficient (Wildman–Crippen LogP) is 2.07. The lowest BCUT2D eigenvalue weighted by Gasteiger charge is -2.14. The quantitative estimate of drug-likeness (QED) is 0.863. The first-order valence-electron chi connectivity index (χ1n) is 4.76. The highest BCUT2D eigenvalue weighted by Crippen LogP contribution is 2.25. The van der Waals surface area contributed by atoms with E-state index < -0.39 is 0 Å². The van der Waals surface area contributed by atoms with Gasteiger partial charge in [-0.1, -0.05) is 12.1 Å². The minimum absolute atomic E-state index is 0.200. The van der Waals surface area contributed by atoms with E-state index >= 15 is 0 Å². The summed E-state index contributed by atoms with van der Waals surface area (Å²) in [5, 5.41) is 8.84. The van der Waals surface area contributed by atoms with Crippen molar-refractivity contribution in [1.29, 1.82) is 0 Å². The maximum Gasteiger partial charge on any atom is 0.301 e. The van der Waals surface area contributed by atoms with Gasteiger partial charge in [-0.2, -0.15) is 4.98 Å². The largest absolute Gasteiger partial charge is 0.431 e. The number of aliphatic hydroxyl groups is 1. The average molecular weight is 222 g/mol. The van der Waals surface area contributed by atoms with Crippen molar-refractivity contribution in [2.24, 2.45) is 0 Å². The number of hydrogen-bond donors (Lipinski definition) is 1. The van der Waals surface area contributed by atoms with E-state index in [1.807, 2.05) is 0 Å². The van der Waals surface area contributed by atoms with Gasteiger partial charge in [0, 0.05) is 7.05 Å². The second kappa shape index (κ2) is 4.32.